The molecule has 0 heterocycles. The second kappa shape index (κ2) is 6.57. The van der Waals surface area contributed by atoms with Crippen molar-refractivity contribution in [3.8, 4) is 0 Å². The van der Waals surface area contributed by atoms with Gasteiger partial charge in [0, 0.05) is 17.1 Å². The van der Waals surface area contributed by atoms with Crippen LogP contribution >= 0.6 is 15.9 Å². The fourth-order valence-corrected chi connectivity index (χ4v) is 1.96. The van der Waals surface area contributed by atoms with Crippen molar-refractivity contribution in [3.05, 3.63) is 46.5 Å². The summed E-state index contributed by atoms with van der Waals surface area (Å²) in [5.41, 5.74) is 1.34. The molecule has 1 aromatic rings. The number of carbonyl (C=O) groups is 1. The highest BCUT2D eigenvalue weighted by atomic mass is 79.9. The van der Waals surface area contributed by atoms with E-state index in [0.717, 1.165) is 16.5 Å². The van der Waals surface area contributed by atoms with Gasteiger partial charge >= 0.3 is 5.97 Å². The van der Waals surface area contributed by atoms with Crippen LogP contribution in [0.5, 0.6) is 0 Å². The molecule has 2 N–H and O–H groups in total. The number of nitrogens with one attached hydrogen (secondary N) is 1. The van der Waals surface area contributed by atoms with Crippen LogP contribution in [-0.2, 0) is 6.54 Å². The average Bonchev–Trinajstić information content (AvgIpc) is 2.27. The molecule has 1 rings (SSSR count). The maximum atomic E-state index is 10.8. The SMILES string of the molecule is C=CCC(C)NCc1ccc(C(=O)O)cc1Br. The highest BCUT2D eigenvalue weighted by Gasteiger charge is 2.07. The van der Waals surface area contributed by atoms with Gasteiger partial charge in [-0.25, -0.2) is 4.79 Å². The molecule has 92 valence electrons. The van der Waals surface area contributed by atoms with E-state index in [4.69, 9.17) is 5.11 Å². The maximum Gasteiger partial charge on any atom is 0.335 e. The molecule has 1 atom stereocenters. The zero-order chi connectivity index (χ0) is 12.8. The number of carboxylic acid groups (broad SMARTS) is 1. The highest BCUT2D eigenvalue weighted by molar-refractivity contribution is 9.10. The van der Waals surface area contributed by atoms with Gasteiger partial charge in [0.05, 0.1) is 5.56 Å². The number of hydrogen-bond acceptors (Lipinski definition) is 2. The summed E-state index contributed by atoms with van der Waals surface area (Å²) < 4.78 is 0.815. The molecular formula is C13H16BrNO2. The Morgan fingerprint density at radius 2 is 2.35 bits per heavy atom. The summed E-state index contributed by atoms with van der Waals surface area (Å²) >= 11 is 3.38. The van der Waals surface area contributed by atoms with Gasteiger partial charge in [-0.1, -0.05) is 28.1 Å². The number of halogens is 1. The molecular weight excluding hydrogens is 282 g/mol. The van der Waals surface area contributed by atoms with Crippen molar-refractivity contribution in [2.45, 2.75) is 25.9 Å². The van der Waals surface area contributed by atoms with E-state index < -0.39 is 5.97 Å². The molecule has 0 aliphatic heterocycles. The van der Waals surface area contributed by atoms with Gasteiger partial charge in [-0.2, -0.15) is 0 Å². The fourth-order valence-electron chi connectivity index (χ4n) is 1.44. The van der Waals surface area contributed by atoms with Crippen LogP contribution in [0.15, 0.2) is 35.3 Å². The largest absolute Gasteiger partial charge is 0.478 e. The third kappa shape index (κ3) is 4.32. The fraction of sp³-hybridized carbons (Fsp3) is 0.308. The summed E-state index contributed by atoms with van der Waals surface area (Å²) in [5.74, 6) is -0.912. The van der Waals surface area contributed by atoms with Gasteiger partial charge in [-0.15, -0.1) is 6.58 Å². The first-order valence-electron chi connectivity index (χ1n) is 5.40. The van der Waals surface area contributed by atoms with E-state index in [0.29, 0.717) is 18.2 Å². The van der Waals surface area contributed by atoms with Crippen molar-refractivity contribution in [3.63, 3.8) is 0 Å². The number of benzene rings is 1. The van der Waals surface area contributed by atoms with Crippen LogP contribution in [0.1, 0.15) is 29.3 Å². The lowest BCUT2D eigenvalue weighted by Gasteiger charge is -2.12. The number of aromatic carboxylic acids is 1. The molecule has 3 nitrogen and oxygen atoms in total. The van der Waals surface area contributed by atoms with Crippen molar-refractivity contribution in [1.29, 1.82) is 0 Å². The number of carboxylic acids is 1. The van der Waals surface area contributed by atoms with E-state index in [1.54, 1.807) is 12.1 Å². The summed E-state index contributed by atoms with van der Waals surface area (Å²) in [7, 11) is 0. The van der Waals surface area contributed by atoms with Gasteiger partial charge in [0.1, 0.15) is 0 Å². The van der Waals surface area contributed by atoms with Crippen LogP contribution in [0.4, 0.5) is 0 Å². The molecule has 0 spiro atoms. The molecule has 0 aliphatic carbocycles. The quantitative estimate of drug-likeness (QED) is 0.793. The topological polar surface area (TPSA) is 49.3 Å². The molecule has 4 heteroatoms. The average molecular weight is 298 g/mol. The predicted octanol–water partition coefficient (Wildman–Crippen LogP) is 3.20. The normalized spacial score (nSPS) is 12.1. The van der Waals surface area contributed by atoms with E-state index in [2.05, 4.69) is 34.7 Å². The second-order valence-electron chi connectivity index (χ2n) is 3.92. The van der Waals surface area contributed by atoms with Crippen molar-refractivity contribution >= 4 is 21.9 Å². The third-order valence-corrected chi connectivity index (χ3v) is 3.20. The molecule has 0 aliphatic rings. The molecule has 1 aromatic carbocycles. The highest BCUT2D eigenvalue weighted by Crippen LogP contribution is 2.18. The van der Waals surface area contributed by atoms with Crippen molar-refractivity contribution in [1.82, 2.24) is 5.32 Å². The molecule has 1 unspecified atom stereocenters. The molecule has 0 fully saturated rings. The Kier molecular flexibility index (Phi) is 5.38. The van der Waals surface area contributed by atoms with Crippen LogP contribution in [0.2, 0.25) is 0 Å². The molecule has 0 aromatic heterocycles. The first-order valence-corrected chi connectivity index (χ1v) is 6.20. The van der Waals surface area contributed by atoms with Gasteiger partial charge in [-0.3, -0.25) is 0 Å². The van der Waals surface area contributed by atoms with E-state index in [1.807, 2.05) is 12.1 Å². The van der Waals surface area contributed by atoms with Crippen LogP contribution in [-0.4, -0.2) is 17.1 Å². The Morgan fingerprint density at radius 3 is 2.88 bits per heavy atom. The number of rotatable bonds is 6. The Labute approximate surface area is 110 Å². The van der Waals surface area contributed by atoms with Gasteiger partial charge in [0.25, 0.3) is 0 Å². The van der Waals surface area contributed by atoms with Gasteiger partial charge in [0.2, 0.25) is 0 Å². The summed E-state index contributed by atoms with van der Waals surface area (Å²) in [5, 5.41) is 12.2. The van der Waals surface area contributed by atoms with Crippen molar-refractivity contribution in [2.75, 3.05) is 0 Å². The number of hydrogen-bond donors (Lipinski definition) is 2. The van der Waals surface area contributed by atoms with E-state index in [-0.39, 0.29) is 0 Å². The van der Waals surface area contributed by atoms with Crippen LogP contribution in [0.3, 0.4) is 0 Å². The van der Waals surface area contributed by atoms with E-state index in [9.17, 15) is 4.79 Å². The van der Waals surface area contributed by atoms with E-state index in [1.165, 1.54) is 0 Å². The first-order chi connectivity index (χ1) is 8.04. The Bertz CT molecular complexity index is 418. The smallest absolute Gasteiger partial charge is 0.335 e. The first kappa shape index (κ1) is 13.9. The van der Waals surface area contributed by atoms with Gasteiger partial charge in [0.15, 0.2) is 0 Å². The second-order valence-corrected chi connectivity index (χ2v) is 4.77. The zero-order valence-electron chi connectivity index (χ0n) is 9.74. The van der Waals surface area contributed by atoms with Crippen molar-refractivity contribution < 1.29 is 9.90 Å². The van der Waals surface area contributed by atoms with Crippen LogP contribution in [0, 0.1) is 0 Å². The van der Waals surface area contributed by atoms with Crippen LogP contribution in [0.25, 0.3) is 0 Å². The minimum atomic E-state index is -0.912. The Hall–Kier alpha value is -1.13. The molecule has 0 bridgehead atoms. The summed E-state index contributed by atoms with van der Waals surface area (Å²) in [4.78, 5) is 10.8. The zero-order valence-corrected chi connectivity index (χ0v) is 11.3. The third-order valence-electron chi connectivity index (χ3n) is 2.46. The molecule has 0 radical (unpaired) electrons. The van der Waals surface area contributed by atoms with Crippen molar-refractivity contribution in [2.24, 2.45) is 0 Å². The Balaban J connectivity index is 2.66. The maximum absolute atomic E-state index is 10.8. The lowest BCUT2D eigenvalue weighted by molar-refractivity contribution is 0.0697. The van der Waals surface area contributed by atoms with Gasteiger partial charge in [-0.05, 0) is 31.0 Å². The lowest BCUT2D eigenvalue weighted by Crippen LogP contribution is -2.24. The lowest BCUT2D eigenvalue weighted by atomic mass is 10.1. The standard InChI is InChI=1S/C13H16BrNO2/c1-3-4-9(2)15-8-11-6-5-10(13(16)17)7-12(11)14/h3,5-7,9,15H,1,4,8H2,2H3,(H,16,17). The van der Waals surface area contributed by atoms with E-state index >= 15 is 0 Å². The minimum Gasteiger partial charge on any atom is -0.478 e. The van der Waals surface area contributed by atoms with Gasteiger partial charge < -0.3 is 10.4 Å². The molecule has 0 amide bonds. The predicted molar refractivity (Wildman–Crippen MR) is 72.2 cm³/mol. The summed E-state index contributed by atoms with van der Waals surface area (Å²) in [6.07, 6.45) is 2.78. The Morgan fingerprint density at radius 1 is 1.65 bits per heavy atom. The molecule has 0 saturated carbocycles. The summed E-state index contributed by atoms with van der Waals surface area (Å²) in [6.45, 7) is 6.48. The minimum absolute atomic E-state index is 0.291. The monoisotopic (exact) mass is 297 g/mol. The van der Waals surface area contributed by atoms with Crippen LogP contribution < -0.4 is 5.32 Å². The summed E-state index contributed by atoms with van der Waals surface area (Å²) in [6, 6.07) is 5.42. The molecule has 0 saturated heterocycles. The molecule has 17 heavy (non-hydrogen) atoms.